The summed E-state index contributed by atoms with van der Waals surface area (Å²) < 4.78 is 0. The molecule has 0 rings (SSSR count). The molecule has 0 aromatic heterocycles. The van der Waals surface area contributed by atoms with Crippen LogP contribution in [0.2, 0.25) is 0 Å². The molecule has 0 saturated carbocycles. The zero-order valence-electron chi connectivity index (χ0n) is 10.00. The van der Waals surface area contributed by atoms with Gasteiger partial charge >= 0.3 is 5.97 Å². The number of nitrogens with zero attached hydrogens (tertiary/aromatic N) is 1. The first-order chi connectivity index (χ1) is 6.90. The molecule has 2 unspecified atom stereocenters. The van der Waals surface area contributed by atoms with Crippen LogP contribution in [0.25, 0.3) is 0 Å². The van der Waals surface area contributed by atoms with Crippen LogP contribution in [0.3, 0.4) is 0 Å². The van der Waals surface area contributed by atoms with E-state index in [9.17, 15) is 9.59 Å². The number of aliphatic carboxylic acids is 1. The Morgan fingerprint density at radius 3 is 1.93 bits per heavy atom. The summed E-state index contributed by atoms with van der Waals surface area (Å²) in [5.41, 5.74) is 0.208. The molecule has 0 saturated heterocycles. The molecule has 0 aromatic rings. The molecule has 5 nitrogen and oxygen atoms in total. The van der Waals surface area contributed by atoms with E-state index in [4.69, 9.17) is 5.11 Å². The molecule has 1 amide bonds. The van der Waals surface area contributed by atoms with E-state index in [1.54, 1.807) is 26.0 Å². The molecule has 15 heavy (non-hydrogen) atoms. The lowest BCUT2D eigenvalue weighted by Crippen LogP contribution is -2.32. The number of amides is 1. The SMILES string of the molecule is CCC(NC)C(=O)O.CPC(=O)N(C)C. The Labute approximate surface area is 93.0 Å². The Morgan fingerprint density at radius 2 is 1.93 bits per heavy atom. The number of carbonyl (C=O) groups excluding carboxylic acids is 1. The lowest BCUT2D eigenvalue weighted by atomic mass is 10.2. The Kier molecular flexibility index (Phi) is 11.0. The fraction of sp³-hybridized carbons (Fsp3) is 0.778. The minimum absolute atomic E-state index is 0.208. The standard InChI is InChI=1S/C5H11NO2.C4H10NOP/c1-3-4(6-2)5(7)8;1-5(2)4(6)7-3/h4,6H,3H2,1-2H3,(H,7,8);7H,1-3H3. The van der Waals surface area contributed by atoms with Crippen molar-refractivity contribution in [1.82, 2.24) is 10.2 Å². The van der Waals surface area contributed by atoms with Crippen molar-refractivity contribution in [2.45, 2.75) is 19.4 Å². The first-order valence-electron chi connectivity index (χ1n) is 4.69. The lowest BCUT2D eigenvalue weighted by Gasteiger charge is -2.05. The van der Waals surface area contributed by atoms with Gasteiger partial charge in [-0.05, 0) is 28.7 Å². The second kappa shape index (κ2) is 9.87. The first-order valence-corrected chi connectivity index (χ1v) is 6.19. The molecular formula is C9H21N2O3P. The summed E-state index contributed by atoms with van der Waals surface area (Å²) in [6.45, 7) is 3.71. The first kappa shape index (κ1) is 16.7. The summed E-state index contributed by atoms with van der Waals surface area (Å²) in [5, 5.41) is 11.0. The van der Waals surface area contributed by atoms with Crippen molar-refractivity contribution >= 4 is 20.2 Å². The molecule has 0 aliphatic rings. The Balaban J connectivity index is 0. The van der Waals surface area contributed by atoms with E-state index in [1.807, 2.05) is 13.6 Å². The Hall–Kier alpha value is -0.670. The second-order valence-corrected chi connectivity index (χ2v) is 3.97. The highest BCUT2D eigenvalue weighted by Crippen LogP contribution is 2.05. The van der Waals surface area contributed by atoms with Crippen molar-refractivity contribution in [3.05, 3.63) is 0 Å². The third-order valence-corrected chi connectivity index (χ3v) is 2.55. The van der Waals surface area contributed by atoms with Gasteiger partial charge in [-0.2, -0.15) is 0 Å². The number of carboxylic acid groups (broad SMARTS) is 1. The number of rotatable bonds is 4. The smallest absolute Gasteiger partial charge is 0.320 e. The zero-order chi connectivity index (χ0) is 12.4. The van der Waals surface area contributed by atoms with Gasteiger partial charge in [0.25, 0.3) is 0 Å². The van der Waals surface area contributed by atoms with Crippen molar-refractivity contribution in [2.75, 3.05) is 27.8 Å². The molecule has 6 heteroatoms. The average molecular weight is 236 g/mol. The largest absolute Gasteiger partial charge is 0.480 e. The number of hydrogen-bond acceptors (Lipinski definition) is 3. The summed E-state index contributed by atoms with van der Waals surface area (Å²) in [4.78, 5) is 22.1. The van der Waals surface area contributed by atoms with E-state index >= 15 is 0 Å². The summed E-state index contributed by atoms with van der Waals surface area (Å²) in [6, 6.07) is -0.380. The van der Waals surface area contributed by atoms with Crippen molar-refractivity contribution in [2.24, 2.45) is 0 Å². The van der Waals surface area contributed by atoms with Gasteiger partial charge in [0.2, 0.25) is 5.65 Å². The third-order valence-electron chi connectivity index (χ3n) is 1.67. The van der Waals surface area contributed by atoms with Gasteiger partial charge in [0.05, 0.1) is 0 Å². The monoisotopic (exact) mass is 236 g/mol. The highest BCUT2D eigenvalue weighted by Gasteiger charge is 2.09. The molecular weight excluding hydrogens is 215 g/mol. The van der Waals surface area contributed by atoms with Crippen molar-refractivity contribution in [3.8, 4) is 0 Å². The van der Waals surface area contributed by atoms with Crippen molar-refractivity contribution < 1.29 is 14.7 Å². The van der Waals surface area contributed by atoms with E-state index in [0.717, 1.165) is 0 Å². The van der Waals surface area contributed by atoms with Crippen LogP contribution in [0.15, 0.2) is 0 Å². The van der Waals surface area contributed by atoms with E-state index in [0.29, 0.717) is 15.0 Å². The maximum Gasteiger partial charge on any atom is 0.320 e. The van der Waals surface area contributed by atoms with Gasteiger partial charge in [0.1, 0.15) is 6.04 Å². The third kappa shape index (κ3) is 9.63. The Morgan fingerprint density at radius 1 is 1.47 bits per heavy atom. The summed E-state index contributed by atoms with van der Waals surface area (Å²) >= 11 is 0. The van der Waals surface area contributed by atoms with Gasteiger partial charge < -0.3 is 15.3 Å². The second-order valence-electron chi connectivity index (χ2n) is 3.04. The maximum atomic E-state index is 10.4. The van der Waals surface area contributed by atoms with Crippen LogP contribution in [0.1, 0.15) is 13.3 Å². The molecule has 0 spiro atoms. The number of carbonyl (C=O) groups is 2. The average Bonchev–Trinajstić information content (AvgIpc) is 2.18. The molecule has 0 radical (unpaired) electrons. The molecule has 2 atom stereocenters. The molecule has 0 aliphatic carbocycles. The number of likely N-dealkylation sites (N-methyl/N-ethyl adjacent to an activating group) is 1. The number of hydrogen-bond donors (Lipinski definition) is 2. The predicted molar refractivity (Wildman–Crippen MR) is 64.1 cm³/mol. The normalized spacial score (nSPS) is 11.8. The summed E-state index contributed by atoms with van der Waals surface area (Å²) in [6.07, 6.45) is 0.631. The minimum atomic E-state index is -0.782. The van der Waals surface area contributed by atoms with E-state index < -0.39 is 5.97 Å². The Bertz CT molecular complexity index is 194. The minimum Gasteiger partial charge on any atom is -0.480 e. The molecule has 0 heterocycles. The van der Waals surface area contributed by atoms with Crippen molar-refractivity contribution in [1.29, 1.82) is 0 Å². The van der Waals surface area contributed by atoms with Gasteiger partial charge in [0.15, 0.2) is 0 Å². The van der Waals surface area contributed by atoms with Crippen LogP contribution in [0.4, 0.5) is 4.79 Å². The predicted octanol–water partition coefficient (Wildman–Crippen LogP) is 1.05. The zero-order valence-corrected chi connectivity index (χ0v) is 11.0. The van der Waals surface area contributed by atoms with Crippen LogP contribution in [-0.2, 0) is 4.79 Å². The maximum absolute atomic E-state index is 10.4. The van der Waals surface area contributed by atoms with Gasteiger partial charge in [-0.25, -0.2) is 0 Å². The lowest BCUT2D eigenvalue weighted by molar-refractivity contribution is -0.139. The van der Waals surface area contributed by atoms with Crippen LogP contribution in [0.5, 0.6) is 0 Å². The van der Waals surface area contributed by atoms with Gasteiger partial charge in [-0.15, -0.1) is 0 Å². The van der Waals surface area contributed by atoms with E-state index in [-0.39, 0.29) is 11.7 Å². The summed E-state index contributed by atoms with van der Waals surface area (Å²) in [7, 11) is 5.57. The number of carboxylic acids is 1. The van der Waals surface area contributed by atoms with Gasteiger partial charge in [-0.1, -0.05) is 6.92 Å². The van der Waals surface area contributed by atoms with E-state index in [1.165, 1.54) is 0 Å². The highest BCUT2D eigenvalue weighted by molar-refractivity contribution is 7.56. The van der Waals surface area contributed by atoms with Crippen LogP contribution in [-0.4, -0.2) is 55.5 Å². The van der Waals surface area contributed by atoms with Crippen molar-refractivity contribution in [3.63, 3.8) is 0 Å². The van der Waals surface area contributed by atoms with Crippen LogP contribution < -0.4 is 5.32 Å². The van der Waals surface area contributed by atoms with E-state index in [2.05, 4.69) is 5.32 Å². The highest BCUT2D eigenvalue weighted by atomic mass is 31.1. The molecule has 2 N–H and O–H groups in total. The molecule has 0 fully saturated rings. The van der Waals surface area contributed by atoms with Gasteiger partial charge in [0, 0.05) is 14.1 Å². The van der Waals surface area contributed by atoms with Crippen LogP contribution >= 0.6 is 8.58 Å². The molecule has 90 valence electrons. The quantitative estimate of drug-likeness (QED) is 0.716. The fourth-order valence-corrected chi connectivity index (χ4v) is 1.17. The van der Waals surface area contributed by atoms with Gasteiger partial charge in [-0.3, -0.25) is 9.59 Å². The molecule has 0 aromatic carbocycles. The number of nitrogens with one attached hydrogen (secondary N) is 1. The fourth-order valence-electron chi connectivity index (χ4n) is 0.726. The van der Waals surface area contributed by atoms with Crippen LogP contribution in [0, 0.1) is 0 Å². The molecule has 0 bridgehead atoms. The summed E-state index contributed by atoms with van der Waals surface area (Å²) in [5.74, 6) is -0.782. The topological polar surface area (TPSA) is 69.6 Å². The molecule has 0 aliphatic heterocycles.